The molecule has 0 spiro atoms. The highest BCUT2D eigenvalue weighted by atomic mass is 79.9. The summed E-state index contributed by atoms with van der Waals surface area (Å²) in [6.45, 7) is 1.60. The molecule has 2 rings (SSSR count). The van der Waals surface area contributed by atoms with Crippen LogP contribution in [-0.2, 0) is 9.59 Å². The van der Waals surface area contributed by atoms with Crippen molar-refractivity contribution in [3.8, 4) is 5.75 Å². The molecule has 0 aromatic heterocycles. The molecule has 3 amide bonds. The van der Waals surface area contributed by atoms with Gasteiger partial charge in [0.25, 0.3) is 11.8 Å². The van der Waals surface area contributed by atoms with E-state index in [2.05, 4.69) is 37.4 Å². The van der Waals surface area contributed by atoms with Crippen LogP contribution < -0.4 is 26.2 Å². The molecule has 4 N–H and O–H groups in total. The summed E-state index contributed by atoms with van der Waals surface area (Å²) in [7, 11) is 0. The minimum atomic E-state index is -0.530. The van der Waals surface area contributed by atoms with E-state index in [0.717, 1.165) is 10.9 Å². The van der Waals surface area contributed by atoms with Crippen LogP contribution in [0, 0.1) is 0 Å². The Balaban J connectivity index is 1.75. The standard InChI is InChI=1S/C20H20BrClN4O4S/c1-2-3-17(27)23-14-7-4-12(5-8-14)19(29)25-26-20(31)24-18(28)11-30-16-9-6-13(21)10-15(16)22/h4-10H,2-3,11H2,1H3,(H,23,27)(H,25,29)(H2,24,26,28,31). The van der Waals surface area contributed by atoms with Crippen LogP contribution in [0.3, 0.4) is 0 Å². The quantitative estimate of drug-likeness (QED) is 0.324. The molecule has 0 aliphatic carbocycles. The predicted molar refractivity (Wildman–Crippen MR) is 126 cm³/mol. The average Bonchev–Trinajstić information content (AvgIpc) is 2.72. The third-order valence-electron chi connectivity index (χ3n) is 3.70. The lowest BCUT2D eigenvalue weighted by Gasteiger charge is -2.12. The lowest BCUT2D eigenvalue weighted by molar-refractivity contribution is -0.121. The summed E-state index contributed by atoms with van der Waals surface area (Å²) >= 11 is 14.3. The molecule has 0 aliphatic rings. The van der Waals surface area contributed by atoms with Crippen molar-refractivity contribution in [1.82, 2.24) is 16.2 Å². The maximum Gasteiger partial charge on any atom is 0.269 e. The highest BCUT2D eigenvalue weighted by molar-refractivity contribution is 9.10. The van der Waals surface area contributed by atoms with Gasteiger partial charge in [-0.15, -0.1) is 0 Å². The van der Waals surface area contributed by atoms with Gasteiger partial charge in [-0.2, -0.15) is 0 Å². The van der Waals surface area contributed by atoms with Crippen molar-refractivity contribution >= 4 is 68.3 Å². The number of amides is 3. The van der Waals surface area contributed by atoms with Gasteiger partial charge in [-0.25, -0.2) is 0 Å². The Morgan fingerprint density at radius 1 is 1.06 bits per heavy atom. The zero-order valence-electron chi connectivity index (χ0n) is 16.5. The van der Waals surface area contributed by atoms with Gasteiger partial charge in [0.05, 0.1) is 5.02 Å². The first-order valence-electron chi connectivity index (χ1n) is 9.16. The fraction of sp³-hybridized carbons (Fsp3) is 0.200. The molecular weight excluding hydrogens is 508 g/mol. The number of hydrogen-bond acceptors (Lipinski definition) is 5. The molecule has 2 aromatic carbocycles. The minimum Gasteiger partial charge on any atom is -0.482 e. The molecular formula is C20H20BrClN4O4S. The van der Waals surface area contributed by atoms with Crippen LogP contribution in [0.4, 0.5) is 5.69 Å². The lowest BCUT2D eigenvalue weighted by Crippen LogP contribution is -2.49. The zero-order valence-corrected chi connectivity index (χ0v) is 19.6. The molecule has 2 aromatic rings. The van der Waals surface area contributed by atoms with Crippen molar-refractivity contribution in [1.29, 1.82) is 0 Å². The largest absolute Gasteiger partial charge is 0.482 e. The van der Waals surface area contributed by atoms with E-state index >= 15 is 0 Å². The summed E-state index contributed by atoms with van der Waals surface area (Å²) in [6, 6.07) is 11.3. The monoisotopic (exact) mass is 526 g/mol. The summed E-state index contributed by atoms with van der Waals surface area (Å²) < 4.78 is 6.12. The maximum absolute atomic E-state index is 12.2. The highest BCUT2D eigenvalue weighted by Gasteiger charge is 2.10. The van der Waals surface area contributed by atoms with Crippen molar-refractivity contribution in [3.05, 3.63) is 57.5 Å². The Labute approximate surface area is 198 Å². The van der Waals surface area contributed by atoms with Crippen molar-refractivity contribution in [3.63, 3.8) is 0 Å². The third-order valence-corrected chi connectivity index (χ3v) is 4.70. The molecule has 0 heterocycles. The highest BCUT2D eigenvalue weighted by Crippen LogP contribution is 2.27. The molecule has 31 heavy (non-hydrogen) atoms. The number of hydrazine groups is 1. The van der Waals surface area contributed by atoms with Crippen LogP contribution in [0.1, 0.15) is 30.1 Å². The van der Waals surface area contributed by atoms with Gasteiger partial charge in [0.1, 0.15) is 5.75 Å². The fourth-order valence-electron chi connectivity index (χ4n) is 2.27. The third kappa shape index (κ3) is 8.52. The first kappa shape index (κ1) is 24.6. The Morgan fingerprint density at radius 3 is 2.42 bits per heavy atom. The molecule has 11 heteroatoms. The van der Waals surface area contributed by atoms with Gasteiger partial charge in [-0.1, -0.05) is 34.5 Å². The van der Waals surface area contributed by atoms with E-state index in [4.69, 9.17) is 28.6 Å². The summed E-state index contributed by atoms with van der Waals surface area (Å²) in [5.74, 6) is -0.741. The van der Waals surface area contributed by atoms with Gasteiger partial charge in [-0.3, -0.25) is 30.6 Å². The molecule has 8 nitrogen and oxygen atoms in total. The number of carbonyl (C=O) groups is 3. The number of rotatable bonds is 7. The van der Waals surface area contributed by atoms with Crippen molar-refractivity contribution in [2.24, 2.45) is 0 Å². The first-order chi connectivity index (χ1) is 14.8. The van der Waals surface area contributed by atoms with Gasteiger partial charge < -0.3 is 10.1 Å². The predicted octanol–water partition coefficient (Wildman–Crippen LogP) is 3.56. The molecule has 0 bridgehead atoms. The average molecular weight is 528 g/mol. The van der Waals surface area contributed by atoms with E-state index in [1.165, 1.54) is 0 Å². The maximum atomic E-state index is 12.2. The smallest absolute Gasteiger partial charge is 0.269 e. The summed E-state index contributed by atoms with van der Waals surface area (Å²) in [6.07, 6.45) is 1.18. The van der Waals surface area contributed by atoms with Crippen molar-refractivity contribution in [2.45, 2.75) is 19.8 Å². The fourth-order valence-corrected chi connectivity index (χ4v) is 3.16. The molecule has 0 saturated carbocycles. The number of hydrogen-bond donors (Lipinski definition) is 4. The second-order valence-corrected chi connectivity index (χ2v) is 7.93. The Kier molecular flexibility index (Phi) is 9.70. The summed E-state index contributed by atoms with van der Waals surface area (Å²) in [4.78, 5) is 35.7. The number of nitrogens with one attached hydrogen (secondary N) is 4. The van der Waals surface area contributed by atoms with E-state index in [-0.39, 0.29) is 17.6 Å². The van der Waals surface area contributed by atoms with Gasteiger partial charge in [0, 0.05) is 22.1 Å². The SMILES string of the molecule is CCCC(=O)Nc1ccc(C(=O)NNC(=S)NC(=O)COc2ccc(Br)cc2Cl)cc1. The van der Waals surface area contributed by atoms with Crippen LogP contribution in [0.15, 0.2) is 46.9 Å². The number of thiocarbonyl (C=S) groups is 1. The second kappa shape index (κ2) is 12.2. The Morgan fingerprint density at radius 2 is 1.77 bits per heavy atom. The van der Waals surface area contributed by atoms with Gasteiger partial charge in [-0.05, 0) is 61.1 Å². The second-order valence-electron chi connectivity index (χ2n) is 6.20. The molecule has 0 saturated heterocycles. The lowest BCUT2D eigenvalue weighted by atomic mass is 10.2. The number of carbonyl (C=O) groups excluding carboxylic acids is 3. The molecule has 0 radical (unpaired) electrons. The number of anilines is 1. The first-order valence-corrected chi connectivity index (χ1v) is 10.7. The Hall–Kier alpha value is -2.69. The van der Waals surface area contributed by atoms with Crippen LogP contribution in [0.2, 0.25) is 5.02 Å². The summed E-state index contributed by atoms with van der Waals surface area (Å²) in [5, 5.41) is 5.35. The van der Waals surface area contributed by atoms with E-state index in [9.17, 15) is 14.4 Å². The number of ether oxygens (including phenoxy) is 1. The van der Waals surface area contributed by atoms with Crippen LogP contribution in [0.5, 0.6) is 5.75 Å². The molecule has 0 fully saturated rings. The molecule has 0 atom stereocenters. The minimum absolute atomic E-state index is 0.0890. The van der Waals surface area contributed by atoms with Crippen LogP contribution in [-0.4, -0.2) is 29.4 Å². The molecule has 0 aliphatic heterocycles. The van der Waals surface area contributed by atoms with Crippen molar-refractivity contribution < 1.29 is 19.1 Å². The summed E-state index contributed by atoms with van der Waals surface area (Å²) in [5.41, 5.74) is 5.74. The zero-order chi connectivity index (χ0) is 22.8. The number of halogens is 2. The van der Waals surface area contributed by atoms with Gasteiger partial charge in [0.2, 0.25) is 5.91 Å². The van der Waals surface area contributed by atoms with E-state index in [1.54, 1.807) is 42.5 Å². The Bertz CT molecular complexity index is 972. The van der Waals surface area contributed by atoms with Crippen LogP contribution >= 0.6 is 39.7 Å². The van der Waals surface area contributed by atoms with E-state index in [0.29, 0.717) is 28.4 Å². The van der Waals surface area contributed by atoms with Gasteiger partial charge >= 0.3 is 0 Å². The van der Waals surface area contributed by atoms with E-state index in [1.807, 2.05) is 6.92 Å². The van der Waals surface area contributed by atoms with Crippen LogP contribution in [0.25, 0.3) is 0 Å². The topological polar surface area (TPSA) is 109 Å². The van der Waals surface area contributed by atoms with Crippen molar-refractivity contribution in [2.75, 3.05) is 11.9 Å². The molecule has 0 unspecified atom stereocenters. The normalized spacial score (nSPS) is 10.0. The molecule has 164 valence electrons. The van der Waals surface area contributed by atoms with Gasteiger partial charge in [0.15, 0.2) is 11.7 Å². The van der Waals surface area contributed by atoms with E-state index < -0.39 is 11.8 Å². The number of benzene rings is 2.